The molecule has 0 radical (unpaired) electrons. The fourth-order valence-electron chi connectivity index (χ4n) is 1.77. The van der Waals surface area contributed by atoms with Gasteiger partial charge in [-0.3, -0.25) is 4.57 Å². The summed E-state index contributed by atoms with van der Waals surface area (Å²) in [6, 6.07) is 3.77. The Morgan fingerprint density at radius 1 is 1.52 bits per heavy atom. The molecule has 2 aromatic rings. The number of aromatic carboxylic acids is 1. The molecule has 6 nitrogen and oxygen atoms in total. The van der Waals surface area contributed by atoms with Gasteiger partial charge in [0, 0.05) is 12.3 Å². The van der Waals surface area contributed by atoms with E-state index in [1.54, 1.807) is 0 Å². The van der Waals surface area contributed by atoms with Crippen molar-refractivity contribution < 1.29 is 14.3 Å². The van der Waals surface area contributed by atoms with Crippen molar-refractivity contribution in [3.8, 4) is 0 Å². The Morgan fingerprint density at radius 3 is 2.90 bits per heavy atom. The number of nitrogens with one attached hydrogen (secondary N) is 1. The summed E-state index contributed by atoms with van der Waals surface area (Å²) in [4.78, 5) is 22.3. The van der Waals surface area contributed by atoms with Crippen molar-refractivity contribution in [2.45, 2.75) is 30.8 Å². The molecule has 1 aromatic carbocycles. The van der Waals surface area contributed by atoms with Gasteiger partial charge in [-0.1, -0.05) is 24.8 Å². The van der Waals surface area contributed by atoms with Gasteiger partial charge >= 0.3 is 11.7 Å². The summed E-state index contributed by atoms with van der Waals surface area (Å²) in [5.41, 5.74) is -0.0199. The molecule has 0 spiro atoms. The van der Waals surface area contributed by atoms with Crippen LogP contribution in [-0.2, 0) is 12.3 Å². The average molecular weight is 311 g/mol. The Kier molecular flexibility index (Phi) is 4.79. The third kappa shape index (κ3) is 3.52. The second-order valence-corrected chi connectivity index (χ2v) is 5.31. The van der Waals surface area contributed by atoms with Crippen LogP contribution in [0.2, 0.25) is 0 Å². The van der Waals surface area contributed by atoms with Crippen LogP contribution in [0.3, 0.4) is 0 Å². The zero-order chi connectivity index (χ0) is 15.4. The number of carboxylic acid groups (broad SMARTS) is 1. The van der Waals surface area contributed by atoms with Crippen molar-refractivity contribution in [3.63, 3.8) is 0 Å². The van der Waals surface area contributed by atoms with Gasteiger partial charge in [0.05, 0.1) is 5.56 Å². The fourth-order valence-corrected chi connectivity index (χ4v) is 2.73. The van der Waals surface area contributed by atoms with Crippen LogP contribution >= 0.6 is 11.8 Å². The molecule has 2 rings (SSSR count). The number of carboxylic acids is 1. The van der Waals surface area contributed by atoms with Gasteiger partial charge in [-0.2, -0.15) is 0 Å². The second kappa shape index (κ2) is 6.57. The van der Waals surface area contributed by atoms with Gasteiger partial charge in [-0.05, 0) is 24.1 Å². The standard InChI is InChI=1S/C13H14FN3O3S/c1-2-5-17-12(20)15-16-13(17)21-7-9-4-3-8(11(18)19)6-10(9)14/h3-4,6H,2,5,7H2,1H3,(H,15,20)(H,18,19). The average Bonchev–Trinajstić information content (AvgIpc) is 2.79. The Balaban J connectivity index is 2.13. The molecule has 21 heavy (non-hydrogen) atoms. The molecular weight excluding hydrogens is 297 g/mol. The van der Waals surface area contributed by atoms with Gasteiger partial charge in [0.1, 0.15) is 5.82 Å². The SMILES string of the molecule is CCCn1c(SCc2ccc(C(=O)O)cc2F)n[nH]c1=O. The molecule has 0 aliphatic carbocycles. The highest BCUT2D eigenvalue weighted by atomic mass is 32.2. The van der Waals surface area contributed by atoms with Crippen molar-refractivity contribution >= 4 is 17.7 Å². The minimum atomic E-state index is -1.17. The van der Waals surface area contributed by atoms with E-state index in [1.807, 2.05) is 6.92 Å². The molecule has 0 unspecified atom stereocenters. The van der Waals surface area contributed by atoms with Crippen molar-refractivity contribution in [1.29, 1.82) is 0 Å². The van der Waals surface area contributed by atoms with E-state index in [0.717, 1.165) is 12.5 Å². The summed E-state index contributed by atoms with van der Waals surface area (Å²) in [7, 11) is 0. The van der Waals surface area contributed by atoms with E-state index >= 15 is 0 Å². The lowest BCUT2D eigenvalue weighted by atomic mass is 10.1. The van der Waals surface area contributed by atoms with Crippen LogP contribution in [-0.4, -0.2) is 25.8 Å². The van der Waals surface area contributed by atoms with Crippen molar-refractivity contribution in [3.05, 3.63) is 45.6 Å². The molecule has 0 fully saturated rings. The third-order valence-corrected chi connectivity index (χ3v) is 3.85. The monoisotopic (exact) mass is 311 g/mol. The first-order valence-electron chi connectivity index (χ1n) is 6.32. The zero-order valence-electron chi connectivity index (χ0n) is 11.3. The summed E-state index contributed by atoms with van der Waals surface area (Å²) in [6.07, 6.45) is 0.786. The molecule has 2 N–H and O–H groups in total. The second-order valence-electron chi connectivity index (χ2n) is 4.36. The van der Waals surface area contributed by atoms with Crippen LogP contribution < -0.4 is 5.69 Å². The molecular formula is C13H14FN3O3S. The van der Waals surface area contributed by atoms with Crippen LogP contribution in [0.4, 0.5) is 4.39 Å². The highest BCUT2D eigenvalue weighted by Gasteiger charge is 2.12. The van der Waals surface area contributed by atoms with E-state index in [0.29, 0.717) is 17.3 Å². The maximum absolute atomic E-state index is 13.8. The summed E-state index contributed by atoms with van der Waals surface area (Å²) in [5.74, 6) is -1.49. The first-order chi connectivity index (χ1) is 10.0. The first-order valence-corrected chi connectivity index (χ1v) is 7.31. The zero-order valence-corrected chi connectivity index (χ0v) is 12.1. The lowest BCUT2D eigenvalue weighted by Crippen LogP contribution is -2.17. The normalized spacial score (nSPS) is 10.8. The first kappa shape index (κ1) is 15.3. The van der Waals surface area contributed by atoms with Crippen LogP contribution in [0.15, 0.2) is 28.2 Å². The van der Waals surface area contributed by atoms with E-state index in [1.165, 1.54) is 28.5 Å². The highest BCUT2D eigenvalue weighted by Crippen LogP contribution is 2.22. The number of nitrogens with zero attached hydrogens (tertiary/aromatic N) is 2. The van der Waals surface area contributed by atoms with Gasteiger partial charge in [0.15, 0.2) is 5.16 Å². The Labute approximate surface area is 124 Å². The number of halogens is 1. The number of benzene rings is 1. The van der Waals surface area contributed by atoms with Gasteiger partial charge in [0.2, 0.25) is 0 Å². The number of hydrogen-bond acceptors (Lipinski definition) is 4. The van der Waals surface area contributed by atoms with Crippen LogP contribution in [0.1, 0.15) is 29.3 Å². The predicted octanol–water partition coefficient (Wildman–Crippen LogP) is 2.11. The minimum absolute atomic E-state index is 0.0936. The number of aromatic amines is 1. The Bertz CT molecular complexity index is 711. The van der Waals surface area contributed by atoms with Crippen molar-refractivity contribution in [2.24, 2.45) is 0 Å². The topological polar surface area (TPSA) is 88.0 Å². The number of H-pyrrole nitrogens is 1. The van der Waals surface area contributed by atoms with Crippen molar-refractivity contribution in [1.82, 2.24) is 14.8 Å². The highest BCUT2D eigenvalue weighted by molar-refractivity contribution is 7.98. The molecule has 0 saturated carbocycles. The number of thioether (sulfide) groups is 1. The van der Waals surface area contributed by atoms with Gasteiger partial charge in [0.25, 0.3) is 0 Å². The van der Waals surface area contributed by atoms with E-state index in [4.69, 9.17) is 5.11 Å². The molecule has 8 heteroatoms. The summed E-state index contributed by atoms with van der Waals surface area (Å²) >= 11 is 1.22. The van der Waals surface area contributed by atoms with Gasteiger partial charge in [-0.25, -0.2) is 19.1 Å². The Hall–Kier alpha value is -2.09. The van der Waals surface area contributed by atoms with Gasteiger partial charge in [-0.15, -0.1) is 5.10 Å². The lowest BCUT2D eigenvalue weighted by molar-refractivity contribution is 0.0696. The summed E-state index contributed by atoms with van der Waals surface area (Å²) in [5, 5.41) is 15.5. The lowest BCUT2D eigenvalue weighted by Gasteiger charge is -2.05. The van der Waals surface area contributed by atoms with E-state index in [-0.39, 0.29) is 17.0 Å². The number of rotatable bonds is 6. The largest absolute Gasteiger partial charge is 0.478 e. The van der Waals surface area contributed by atoms with E-state index < -0.39 is 11.8 Å². The van der Waals surface area contributed by atoms with Crippen LogP contribution in [0.5, 0.6) is 0 Å². The number of aromatic nitrogens is 3. The smallest absolute Gasteiger partial charge is 0.343 e. The molecule has 112 valence electrons. The molecule has 1 aromatic heterocycles. The molecule has 0 amide bonds. The molecule has 0 bridgehead atoms. The minimum Gasteiger partial charge on any atom is -0.478 e. The van der Waals surface area contributed by atoms with Gasteiger partial charge < -0.3 is 5.11 Å². The fraction of sp³-hybridized carbons (Fsp3) is 0.308. The maximum Gasteiger partial charge on any atom is 0.343 e. The molecule has 0 aliphatic rings. The molecule has 0 atom stereocenters. The maximum atomic E-state index is 13.8. The number of hydrogen-bond donors (Lipinski definition) is 2. The van der Waals surface area contributed by atoms with E-state index in [9.17, 15) is 14.0 Å². The molecule has 0 aliphatic heterocycles. The predicted molar refractivity (Wildman–Crippen MR) is 76.1 cm³/mol. The number of carbonyl (C=O) groups is 1. The summed E-state index contributed by atoms with van der Waals surface area (Å²) < 4.78 is 15.3. The van der Waals surface area contributed by atoms with Crippen molar-refractivity contribution in [2.75, 3.05) is 0 Å². The molecule has 1 heterocycles. The van der Waals surface area contributed by atoms with Crippen LogP contribution in [0, 0.1) is 5.82 Å². The summed E-state index contributed by atoms with van der Waals surface area (Å²) in [6.45, 7) is 2.48. The molecule has 0 saturated heterocycles. The third-order valence-electron chi connectivity index (χ3n) is 2.83. The van der Waals surface area contributed by atoms with E-state index in [2.05, 4.69) is 10.2 Å². The van der Waals surface area contributed by atoms with Crippen LogP contribution in [0.25, 0.3) is 0 Å². The Morgan fingerprint density at radius 2 is 2.29 bits per heavy atom. The quantitative estimate of drug-likeness (QED) is 0.798.